The molecule has 94 valence electrons. The van der Waals surface area contributed by atoms with Gasteiger partial charge in [-0.05, 0) is 18.1 Å². The summed E-state index contributed by atoms with van der Waals surface area (Å²) in [5, 5.41) is 0.718. The third-order valence-corrected chi connectivity index (χ3v) is 4.64. The first-order valence-electron chi connectivity index (χ1n) is 5.06. The van der Waals surface area contributed by atoms with E-state index in [-0.39, 0.29) is 12.4 Å². The molecule has 1 heterocycles. The van der Waals surface area contributed by atoms with Gasteiger partial charge >= 0.3 is 5.51 Å². The Bertz CT molecular complexity index is 528. The van der Waals surface area contributed by atoms with Crippen molar-refractivity contribution in [3.8, 4) is 0 Å². The summed E-state index contributed by atoms with van der Waals surface area (Å²) in [4.78, 5) is 0.413. The Labute approximate surface area is 107 Å². The molecule has 0 amide bonds. The lowest BCUT2D eigenvalue weighted by atomic mass is 10.1. The van der Waals surface area contributed by atoms with Crippen molar-refractivity contribution in [1.82, 2.24) is 0 Å². The number of thiophene rings is 1. The molecule has 0 N–H and O–H groups in total. The Hall–Kier alpha value is -0.740. The van der Waals surface area contributed by atoms with Crippen molar-refractivity contribution < 1.29 is 13.2 Å². The first-order chi connectivity index (χ1) is 7.43. The first-order valence-corrected chi connectivity index (χ1v) is 6.28. The Morgan fingerprint density at radius 3 is 2.35 bits per heavy atom. The maximum Gasteiger partial charge on any atom is 0.600 e. The monoisotopic (exact) mass is 281 g/mol. The van der Waals surface area contributed by atoms with Gasteiger partial charge in [0.1, 0.15) is 0 Å². The lowest BCUT2D eigenvalue weighted by Gasteiger charge is -1.98. The van der Waals surface area contributed by atoms with Gasteiger partial charge in [-0.25, -0.2) is 0 Å². The van der Waals surface area contributed by atoms with Crippen LogP contribution in [0.5, 0.6) is 0 Å². The van der Waals surface area contributed by atoms with E-state index in [4.69, 9.17) is 0 Å². The third kappa shape index (κ3) is 2.58. The fourth-order valence-corrected chi connectivity index (χ4v) is 3.69. The Morgan fingerprint density at radius 2 is 1.82 bits per heavy atom. The molecule has 2 rings (SSSR count). The fourth-order valence-electron chi connectivity index (χ4n) is 1.85. The van der Waals surface area contributed by atoms with Crippen LogP contribution in [0.2, 0.25) is 0 Å². The van der Waals surface area contributed by atoms with Crippen molar-refractivity contribution in [3.05, 3.63) is 34.7 Å². The van der Waals surface area contributed by atoms with Crippen LogP contribution >= 0.6 is 22.9 Å². The minimum absolute atomic E-state index is 0. The quantitative estimate of drug-likeness (QED) is 0.618. The molecule has 0 fully saturated rings. The lowest BCUT2D eigenvalue weighted by molar-refractivity contribution is -0.0867. The van der Waals surface area contributed by atoms with Crippen molar-refractivity contribution in [2.75, 3.05) is 0 Å². The number of halogens is 4. The maximum absolute atomic E-state index is 12.9. The first kappa shape index (κ1) is 14.3. The van der Waals surface area contributed by atoms with E-state index in [0.717, 1.165) is 17.4 Å². The average molecular weight is 282 g/mol. The van der Waals surface area contributed by atoms with Crippen molar-refractivity contribution in [2.45, 2.75) is 25.8 Å². The van der Waals surface area contributed by atoms with Gasteiger partial charge in [0.25, 0.3) is 0 Å². The van der Waals surface area contributed by atoms with Gasteiger partial charge in [-0.1, -0.05) is 13.0 Å². The van der Waals surface area contributed by atoms with Crippen molar-refractivity contribution >= 4 is 33.0 Å². The molecule has 1 unspecified atom stereocenters. The van der Waals surface area contributed by atoms with Crippen molar-refractivity contribution in [2.24, 2.45) is 0 Å². The SMILES string of the molecule is CCc1ccc2cc(C)[s+](C(F)(F)F)c2c1.Cl. The highest BCUT2D eigenvalue weighted by molar-refractivity contribution is 7.38. The van der Waals surface area contributed by atoms with Crippen LogP contribution < -0.4 is 0 Å². The smallest absolute Gasteiger partial charge is 0.147 e. The molecule has 1 atom stereocenters. The molecule has 0 aliphatic heterocycles. The summed E-state index contributed by atoms with van der Waals surface area (Å²) in [5.41, 5.74) is -3.19. The molecular formula is C12H13ClF3S+. The molecule has 1 aromatic heterocycles. The van der Waals surface area contributed by atoms with Gasteiger partial charge in [-0.2, -0.15) is 0 Å². The molecule has 0 aliphatic carbocycles. The number of hydrogen-bond acceptors (Lipinski definition) is 0. The summed E-state index contributed by atoms with van der Waals surface area (Å²) >= 11 is 0. The molecule has 0 saturated heterocycles. The number of alkyl halides is 3. The number of aryl methyl sites for hydroxylation is 2. The maximum atomic E-state index is 12.9. The highest BCUT2D eigenvalue weighted by Crippen LogP contribution is 2.50. The summed E-state index contributed by atoms with van der Waals surface area (Å²) in [6.45, 7) is 3.50. The summed E-state index contributed by atoms with van der Waals surface area (Å²) in [7, 11) is -1.72. The standard InChI is InChI=1S/C12H12F3S.ClH/c1-3-9-4-5-10-6-8(2)16(11(10)7-9)12(13,14)15;/h4-7H,3H2,1-2H3;1H/q+1;. The zero-order valence-corrected chi connectivity index (χ0v) is 11.1. The van der Waals surface area contributed by atoms with Crippen LogP contribution in [0.25, 0.3) is 10.1 Å². The third-order valence-electron chi connectivity index (χ3n) is 2.62. The molecule has 5 heteroatoms. The molecule has 0 nitrogen and oxygen atoms in total. The van der Waals surface area contributed by atoms with E-state index < -0.39 is 16.0 Å². The van der Waals surface area contributed by atoms with Crippen molar-refractivity contribution in [1.29, 1.82) is 0 Å². The van der Waals surface area contributed by atoms with Crippen LogP contribution in [0.4, 0.5) is 13.2 Å². The molecule has 0 spiro atoms. The summed E-state index contributed by atoms with van der Waals surface area (Å²) in [5.74, 6) is 0. The minimum Gasteiger partial charge on any atom is -0.147 e. The largest absolute Gasteiger partial charge is 0.600 e. The second-order valence-electron chi connectivity index (χ2n) is 3.73. The molecule has 0 aliphatic rings. The normalized spacial score (nSPS) is 12.6. The molecule has 0 bridgehead atoms. The highest BCUT2D eigenvalue weighted by Gasteiger charge is 2.46. The predicted octanol–water partition coefficient (Wildman–Crippen LogP) is 5.36. The topological polar surface area (TPSA) is 0 Å². The van der Waals surface area contributed by atoms with Gasteiger partial charge in [-0.15, -0.1) is 25.6 Å². The molecule has 0 radical (unpaired) electrons. The number of benzene rings is 1. The fraction of sp³-hybridized carbons (Fsp3) is 0.333. The van der Waals surface area contributed by atoms with E-state index in [9.17, 15) is 13.2 Å². The summed E-state index contributed by atoms with van der Waals surface area (Å²) < 4.78 is 39.1. The molecule has 17 heavy (non-hydrogen) atoms. The number of hydrogen-bond donors (Lipinski definition) is 0. The Morgan fingerprint density at radius 1 is 1.18 bits per heavy atom. The molecule has 1 aromatic carbocycles. The second kappa shape index (κ2) is 4.86. The predicted molar refractivity (Wildman–Crippen MR) is 69.1 cm³/mol. The zero-order chi connectivity index (χ0) is 11.9. The van der Waals surface area contributed by atoms with Crippen LogP contribution in [0, 0.1) is 6.92 Å². The van der Waals surface area contributed by atoms with E-state index in [1.165, 1.54) is 0 Å². The molecular weight excluding hydrogens is 269 g/mol. The van der Waals surface area contributed by atoms with Gasteiger partial charge in [-0.3, -0.25) is 0 Å². The van der Waals surface area contributed by atoms with Crippen LogP contribution in [-0.4, -0.2) is 0 Å². The summed E-state index contributed by atoms with van der Waals surface area (Å²) in [6.07, 6.45) is 0.765. The van der Waals surface area contributed by atoms with Gasteiger partial charge in [0.2, 0.25) is 0 Å². The van der Waals surface area contributed by atoms with Crippen LogP contribution in [0.1, 0.15) is 17.4 Å². The minimum atomic E-state index is -4.15. The van der Waals surface area contributed by atoms with E-state index >= 15 is 0 Å². The van der Waals surface area contributed by atoms with Gasteiger partial charge in [0.05, 0.1) is 10.5 Å². The van der Waals surface area contributed by atoms with Gasteiger partial charge in [0.15, 0.2) is 9.58 Å². The van der Waals surface area contributed by atoms with E-state index in [2.05, 4.69) is 0 Å². The van der Waals surface area contributed by atoms with Crippen molar-refractivity contribution in [3.63, 3.8) is 0 Å². The van der Waals surface area contributed by atoms with Crippen LogP contribution in [-0.2, 0) is 11.9 Å². The molecule has 0 saturated carbocycles. The number of fused-ring (bicyclic) bond motifs is 1. The molecule has 2 aromatic rings. The highest BCUT2D eigenvalue weighted by atomic mass is 35.5. The van der Waals surface area contributed by atoms with Crippen LogP contribution in [0.15, 0.2) is 24.3 Å². The van der Waals surface area contributed by atoms with Gasteiger partial charge < -0.3 is 0 Å². The van der Waals surface area contributed by atoms with E-state index in [1.54, 1.807) is 25.1 Å². The van der Waals surface area contributed by atoms with Gasteiger partial charge in [0, 0.05) is 24.4 Å². The summed E-state index contributed by atoms with van der Waals surface area (Å²) in [6, 6.07) is 7.02. The number of rotatable bonds is 1. The lowest BCUT2D eigenvalue weighted by Crippen LogP contribution is -1.96. The van der Waals surface area contributed by atoms with E-state index in [1.807, 2.05) is 13.0 Å². The Kier molecular flexibility index (Phi) is 4.10. The average Bonchev–Trinajstić information content (AvgIpc) is 2.51. The zero-order valence-electron chi connectivity index (χ0n) is 9.47. The Balaban J connectivity index is 0.00000144. The second-order valence-corrected chi connectivity index (χ2v) is 5.89. The van der Waals surface area contributed by atoms with E-state index in [0.29, 0.717) is 9.58 Å². The van der Waals surface area contributed by atoms with Crippen LogP contribution in [0.3, 0.4) is 0 Å².